The van der Waals surface area contributed by atoms with Crippen LogP contribution in [0.25, 0.3) is 0 Å². The van der Waals surface area contributed by atoms with Gasteiger partial charge in [-0.25, -0.2) is 12.8 Å². The zero-order valence-corrected chi connectivity index (χ0v) is 27.5. The minimum atomic E-state index is -4.93. The highest BCUT2D eigenvalue weighted by Crippen LogP contribution is 2.38. The van der Waals surface area contributed by atoms with Crippen LogP contribution >= 0.6 is 11.6 Å². The number of rotatable bonds is 14. The van der Waals surface area contributed by atoms with Gasteiger partial charge in [0.2, 0.25) is 11.8 Å². The highest BCUT2D eigenvalue weighted by atomic mass is 35.5. The topological polar surface area (TPSA) is 86.8 Å². The largest absolute Gasteiger partial charge is 0.417 e. The monoisotopic (exact) mass is 703 g/mol. The van der Waals surface area contributed by atoms with Gasteiger partial charge in [0.1, 0.15) is 18.4 Å². The first-order chi connectivity index (χ1) is 22.8. The summed E-state index contributed by atoms with van der Waals surface area (Å²) in [7, 11) is -4.63. The summed E-state index contributed by atoms with van der Waals surface area (Å²) in [6.07, 6.45) is -3.44. The summed E-state index contributed by atoms with van der Waals surface area (Å²) in [6, 6.07) is 22.4. The lowest BCUT2D eigenvalue weighted by Gasteiger charge is -2.34. The van der Waals surface area contributed by atoms with Crippen LogP contribution in [-0.2, 0) is 38.8 Å². The third-order valence-corrected chi connectivity index (χ3v) is 9.64. The minimum Gasteiger partial charge on any atom is -0.354 e. The first-order valence-electron chi connectivity index (χ1n) is 15.1. The molecule has 0 radical (unpaired) electrons. The number of halogens is 5. The number of hydrogen-bond donors (Lipinski definition) is 1. The van der Waals surface area contributed by atoms with Gasteiger partial charge in [-0.1, -0.05) is 85.6 Å². The molecule has 4 aromatic rings. The normalized spacial score (nSPS) is 12.3. The molecule has 0 saturated carbocycles. The van der Waals surface area contributed by atoms with E-state index in [0.29, 0.717) is 34.5 Å². The minimum absolute atomic E-state index is 0.0380. The van der Waals surface area contributed by atoms with Gasteiger partial charge in [-0.3, -0.25) is 13.9 Å². The van der Waals surface area contributed by atoms with E-state index in [2.05, 4.69) is 5.32 Å². The standard InChI is InChI=1S/C35H34ClF4N3O4S/c1-2-3-20-41-34(45)32(21-25-10-6-4-7-11-25)42(23-26-14-16-27(37)17-15-26)33(44)24-43(48(46,47)29-12-8-5-9-13-29)28-18-19-31(36)30(22-28)35(38,39)40/h4-19,22,32H,2-3,20-21,23-24H2,1H3,(H,41,45). The van der Waals surface area contributed by atoms with E-state index in [4.69, 9.17) is 11.6 Å². The molecule has 254 valence electrons. The van der Waals surface area contributed by atoms with Crippen molar-refractivity contribution >= 4 is 39.1 Å². The number of hydrogen-bond acceptors (Lipinski definition) is 4. The summed E-state index contributed by atoms with van der Waals surface area (Å²) in [5.74, 6) is -1.92. The highest BCUT2D eigenvalue weighted by Gasteiger charge is 2.37. The van der Waals surface area contributed by atoms with Crippen molar-refractivity contribution in [2.75, 3.05) is 17.4 Å². The van der Waals surface area contributed by atoms with Crippen LogP contribution in [0.1, 0.15) is 36.5 Å². The molecule has 0 heterocycles. The molecule has 0 spiro atoms. The predicted molar refractivity (Wildman–Crippen MR) is 176 cm³/mol. The molecule has 2 amide bonds. The molecule has 7 nitrogen and oxygen atoms in total. The molecule has 0 aliphatic carbocycles. The molecule has 0 aliphatic heterocycles. The first-order valence-corrected chi connectivity index (χ1v) is 16.9. The Labute approximate surface area is 282 Å². The van der Waals surface area contributed by atoms with Crippen LogP contribution in [-0.4, -0.2) is 44.3 Å². The zero-order chi connectivity index (χ0) is 34.9. The van der Waals surface area contributed by atoms with E-state index >= 15 is 0 Å². The van der Waals surface area contributed by atoms with Crippen molar-refractivity contribution in [3.05, 3.63) is 131 Å². The number of nitrogens with one attached hydrogen (secondary N) is 1. The van der Waals surface area contributed by atoms with Crippen LogP contribution in [0.2, 0.25) is 5.02 Å². The van der Waals surface area contributed by atoms with Gasteiger partial charge in [0.05, 0.1) is 21.2 Å². The maximum Gasteiger partial charge on any atom is 0.417 e. The Hall–Kier alpha value is -4.42. The van der Waals surface area contributed by atoms with E-state index in [-0.39, 0.29) is 17.9 Å². The summed E-state index contributed by atoms with van der Waals surface area (Å²) < 4.78 is 84.1. The Kier molecular flexibility index (Phi) is 12.2. The molecule has 0 aromatic heterocycles. The number of carbonyl (C=O) groups is 2. The third-order valence-electron chi connectivity index (χ3n) is 7.52. The van der Waals surface area contributed by atoms with Crippen LogP contribution in [0.5, 0.6) is 0 Å². The number of nitrogens with zero attached hydrogens (tertiary/aromatic N) is 2. The molecule has 0 bridgehead atoms. The number of sulfonamides is 1. The van der Waals surface area contributed by atoms with Crippen LogP contribution in [0.4, 0.5) is 23.2 Å². The SMILES string of the molecule is CCCCNC(=O)C(Cc1ccccc1)N(Cc1ccc(F)cc1)C(=O)CN(c1ccc(Cl)c(C(F)(F)F)c1)S(=O)(=O)c1ccccc1. The van der Waals surface area contributed by atoms with Gasteiger partial charge in [-0.15, -0.1) is 0 Å². The molecule has 1 unspecified atom stereocenters. The van der Waals surface area contributed by atoms with Crippen molar-refractivity contribution in [1.82, 2.24) is 10.2 Å². The lowest BCUT2D eigenvalue weighted by Crippen LogP contribution is -2.53. The average Bonchev–Trinajstić information content (AvgIpc) is 3.06. The highest BCUT2D eigenvalue weighted by molar-refractivity contribution is 7.92. The van der Waals surface area contributed by atoms with Crippen molar-refractivity contribution in [1.29, 1.82) is 0 Å². The molecular formula is C35H34ClF4N3O4S. The average molecular weight is 704 g/mol. The summed E-state index contributed by atoms with van der Waals surface area (Å²) in [5, 5.41) is 2.19. The Morgan fingerprint density at radius 1 is 0.875 bits per heavy atom. The summed E-state index contributed by atoms with van der Waals surface area (Å²) >= 11 is 5.85. The van der Waals surface area contributed by atoms with E-state index in [1.54, 1.807) is 36.4 Å². The Morgan fingerprint density at radius 3 is 2.10 bits per heavy atom. The molecular weight excluding hydrogens is 670 g/mol. The molecule has 0 saturated heterocycles. The summed E-state index contributed by atoms with van der Waals surface area (Å²) in [5.41, 5.74) is -0.612. The lowest BCUT2D eigenvalue weighted by molar-refractivity contribution is -0.140. The molecule has 13 heteroatoms. The van der Waals surface area contributed by atoms with Gasteiger partial charge < -0.3 is 10.2 Å². The number of alkyl halides is 3. The fourth-order valence-corrected chi connectivity index (χ4v) is 6.63. The zero-order valence-electron chi connectivity index (χ0n) is 26.0. The maximum absolute atomic E-state index is 14.4. The van der Waals surface area contributed by atoms with Crippen LogP contribution in [0.15, 0.2) is 108 Å². The van der Waals surface area contributed by atoms with E-state index in [1.807, 2.05) is 6.92 Å². The van der Waals surface area contributed by atoms with Crippen molar-refractivity contribution in [3.8, 4) is 0 Å². The second-order valence-electron chi connectivity index (χ2n) is 11.0. The smallest absolute Gasteiger partial charge is 0.354 e. The number of unbranched alkanes of at least 4 members (excludes halogenated alkanes) is 1. The van der Waals surface area contributed by atoms with Gasteiger partial charge in [0, 0.05) is 19.5 Å². The van der Waals surface area contributed by atoms with Crippen molar-refractivity contribution in [2.45, 2.75) is 49.8 Å². The molecule has 0 fully saturated rings. The van der Waals surface area contributed by atoms with Gasteiger partial charge >= 0.3 is 6.18 Å². The molecule has 0 aliphatic rings. The third kappa shape index (κ3) is 9.35. The number of anilines is 1. The van der Waals surface area contributed by atoms with E-state index in [1.165, 1.54) is 53.4 Å². The van der Waals surface area contributed by atoms with Crippen LogP contribution < -0.4 is 9.62 Å². The van der Waals surface area contributed by atoms with Gasteiger partial charge in [-0.2, -0.15) is 13.2 Å². The van der Waals surface area contributed by atoms with Crippen LogP contribution in [0.3, 0.4) is 0 Å². The molecule has 4 aromatic carbocycles. The van der Waals surface area contributed by atoms with Gasteiger partial charge in [0.25, 0.3) is 10.0 Å². The van der Waals surface area contributed by atoms with E-state index in [0.717, 1.165) is 18.6 Å². The van der Waals surface area contributed by atoms with E-state index in [9.17, 15) is 35.6 Å². The number of carbonyl (C=O) groups excluding carboxylic acids is 2. The van der Waals surface area contributed by atoms with Crippen molar-refractivity contribution in [3.63, 3.8) is 0 Å². The Balaban J connectivity index is 1.84. The number of benzene rings is 4. The first kappa shape index (κ1) is 36.4. The molecule has 1 atom stereocenters. The van der Waals surface area contributed by atoms with Crippen molar-refractivity contribution in [2.24, 2.45) is 0 Å². The van der Waals surface area contributed by atoms with E-state index < -0.39 is 62.7 Å². The maximum atomic E-state index is 14.4. The van der Waals surface area contributed by atoms with Crippen LogP contribution in [0, 0.1) is 5.82 Å². The van der Waals surface area contributed by atoms with Crippen molar-refractivity contribution < 1.29 is 35.6 Å². The molecule has 48 heavy (non-hydrogen) atoms. The summed E-state index contributed by atoms with van der Waals surface area (Å²) in [4.78, 5) is 29.1. The number of amides is 2. The lowest BCUT2D eigenvalue weighted by atomic mass is 10.0. The second-order valence-corrected chi connectivity index (χ2v) is 13.3. The fourth-order valence-electron chi connectivity index (χ4n) is 4.98. The van der Waals surface area contributed by atoms with Gasteiger partial charge in [-0.05, 0) is 60.0 Å². The summed E-state index contributed by atoms with van der Waals surface area (Å²) in [6.45, 7) is 1.07. The predicted octanol–water partition coefficient (Wildman–Crippen LogP) is 7.25. The Bertz CT molecular complexity index is 1790. The quantitative estimate of drug-likeness (QED) is 0.111. The second kappa shape index (κ2) is 16.1. The fraction of sp³-hybridized carbons (Fsp3) is 0.257. The Morgan fingerprint density at radius 2 is 1.50 bits per heavy atom. The van der Waals surface area contributed by atoms with Gasteiger partial charge in [0.15, 0.2) is 0 Å². The molecule has 4 rings (SSSR count). The molecule has 1 N–H and O–H groups in total.